The molecule has 0 aliphatic rings. The summed E-state index contributed by atoms with van der Waals surface area (Å²) in [6.45, 7) is 29.3. The molecular formula is C28H66O4. The van der Waals surface area contributed by atoms with E-state index in [1.54, 1.807) is 0 Å². The van der Waals surface area contributed by atoms with Crippen molar-refractivity contribution in [3.63, 3.8) is 0 Å². The summed E-state index contributed by atoms with van der Waals surface area (Å²) in [4.78, 5) is 0. The smallest absolute Gasteiger partial charge is 0.0700 e. The minimum Gasteiger partial charge on any atom is -0.396 e. The molecule has 0 aliphatic carbocycles. The van der Waals surface area contributed by atoms with Gasteiger partial charge in [0, 0.05) is 33.0 Å². The molecule has 0 aromatic carbocycles. The molecule has 0 saturated heterocycles. The third kappa shape index (κ3) is 57.1. The topological polar surface area (TPSA) is 47.9 Å². The molecule has 0 aromatic rings. The molecule has 0 fully saturated rings. The Balaban J connectivity index is -0.000000115. The number of hydrogen-bond acceptors (Lipinski definition) is 4. The zero-order chi connectivity index (χ0) is 24.1. The lowest BCUT2D eigenvalue weighted by Gasteiger charge is -2.17. The molecule has 0 heterocycles. The van der Waals surface area contributed by atoms with Crippen molar-refractivity contribution in [2.75, 3.05) is 46.2 Å². The van der Waals surface area contributed by atoms with Crippen molar-refractivity contribution in [2.45, 2.75) is 123 Å². The fourth-order valence-corrected chi connectivity index (χ4v) is 1.80. The van der Waals surface area contributed by atoms with E-state index in [-0.39, 0.29) is 14.9 Å². The molecule has 1 N–H and O–H groups in total. The first-order valence-corrected chi connectivity index (χ1v) is 12.0. The Morgan fingerprint density at radius 3 is 0.969 bits per heavy atom. The predicted molar refractivity (Wildman–Crippen MR) is 146 cm³/mol. The molecule has 4 heteroatoms. The lowest BCUT2D eigenvalue weighted by molar-refractivity contribution is 0.0390. The van der Waals surface area contributed by atoms with Gasteiger partial charge < -0.3 is 19.3 Å². The molecule has 0 bridgehead atoms. The van der Waals surface area contributed by atoms with Crippen LogP contribution in [-0.4, -0.2) is 51.4 Å². The molecule has 32 heavy (non-hydrogen) atoms. The van der Waals surface area contributed by atoms with Gasteiger partial charge in [-0.15, -0.1) is 0 Å². The van der Waals surface area contributed by atoms with Crippen LogP contribution in [0.4, 0.5) is 0 Å². The molecule has 0 saturated carbocycles. The van der Waals surface area contributed by atoms with Gasteiger partial charge in [-0.3, -0.25) is 0 Å². The largest absolute Gasteiger partial charge is 0.396 e. The van der Waals surface area contributed by atoms with Crippen LogP contribution in [0.1, 0.15) is 123 Å². The van der Waals surface area contributed by atoms with Crippen LogP contribution in [0.15, 0.2) is 0 Å². The van der Waals surface area contributed by atoms with Crippen molar-refractivity contribution in [2.24, 2.45) is 16.2 Å². The van der Waals surface area contributed by atoms with Gasteiger partial charge in [-0.1, -0.05) is 91.0 Å². The molecule has 0 radical (unpaired) electrons. The summed E-state index contributed by atoms with van der Waals surface area (Å²) in [5.74, 6) is 0. The Hall–Kier alpha value is -0.160. The number of hydrogen-bond donors (Lipinski definition) is 1. The summed E-state index contributed by atoms with van der Waals surface area (Å²) in [5.41, 5.74) is 1.10. The summed E-state index contributed by atoms with van der Waals surface area (Å²) in [5, 5.41) is 8.40. The van der Waals surface area contributed by atoms with Crippen LogP contribution in [0, 0.1) is 16.2 Å². The molecule has 0 aliphatic heterocycles. The van der Waals surface area contributed by atoms with E-state index in [1.807, 2.05) is 0 Å². The fraction of sp³-hybridized carbons (Fsp3) is 1.00. The summed E-state index contributed by atoms with van der Waals surface area (Å²) in [6, 6.07) is 0. The van der Waals surface area contributed by atoms with Crippen LogP contribution in [0.25, 0.3) is 0 Å². The highest BCUT2D eigenvalue weighted by Crippen LogP contribution is 2.18. The lowest BCUT2D eigenvalue weighted by atomic mass is 9.93. The van der Waals surface area contributed by atoms with Crippen LogP contribution in [0.3, 0.4) is 0 Å². The van der Waals surface area contributed by atoms with Crippen LogP contribution >= 0.6 is 0 Å². The summed E-state index contributed by atoms with van der Waals surface area (Å²) >= 11 is 0. The first-order valence-electron chi connectivity index (χ1n) is 12.0. The van der Waals surface area contributed by atoms with E-state index >= 15 is 0 Å². The van der Waals surface area contributed by atoms with Gasteiger partial charge in [0.05, 0.1) is 13.2 Å². The van der Waals surface area contributed by atoms with E-state index in [0.29, 0.717) is 22.9 Å². The van der Waals surface area contributed by atoms with Crippen molar-refractivity contribution >= 4 is 0 Å². The Morgan fingerprint density at radius 1 is 0.469 bits per heavy atom. The Bertz CT molecular complexity index is 322. The Kier molecular flexibility index (Phi) is 33.4. The van der Waals surface area contributed by atoms with Gasteiger partial charge in [-0.25, -0.2) is 0 Å². The fourth-order valence-electron chi connectivity index (χ4n) is 1.80. The Morgan fingerprint density at radius 2 is 0.750 bits per heavy atom. The van der Waals surface area contributed by atoms with Crippen molar-refractivity contribution in [1.82, 2.24) is 0 Å². The number of rotatable bonds is 12. The second kappa shape index (κ2) is 25.5. The van der Waals surface area contributed by atoms with Crippen LogP contribution in [0.5, 0.6) is 0 Å². The monoisotopic (exact) mass is 466 g/mol. The summed E-state index contributed by atoms with van der Waals surface area (Å²) in [6.07, 6.45) is 5.38. The number of aliphatic hydroxyl groups is 1. The highest BCUT2D eigenvalue weighted by molar-refractivity contribution is 4.60. The van der Waals surface area contributed by atoms with Gasteiger partial charge in [-0.05, 0) is 48.3 Å². The minimum atomic E-state index is 0. The average Bonchev–Trinajstić information content (AvgIpc) is 2.56. The van der Waals surface area contributed by atoms with E-state index in [1.165, 1.54) is 0 Å². The predicted octanol–water partition coefficient (Wildman–Crippen LogP) is 8.40. The van der Waals surface area contributed by atoms with E-state index in [0.717, 1.165) is 71.7 Å². The van der Waals surface area contributed by atoms with Crippen LogP contribution < -0.4 is 0 Å². The molecule has 0 aromatic heterocycles. The van der Waals surface area contributed by atoms with Crippen molar-refractivity contribution < 1.29 is 19.3 Å². The van der Waals surface area contributed by atoms with Crippen molar-refractivity contribution in [1.29, 1.82) is 0 Å². The van der Waals surface area contributed by atoms with Crippen molar-refractivity contribution in [3.8, 4) is 0 Å². The van der Waals surface area contributed by atoms with Crippen molar-refractivity contribution in [3.05, 3.63) is 0 Å². The van der Waals surface area contributed by atoms with Gasteiger partial charge in [0.1, 0.15) is 0 Å². The second-order valence-corrected chi connectivity index (χ2v) is 11.5. The maximum Gasteiger partial charge on any atom is 0.0700 e. The normalized spacial score (nSPS) is 11.2. The molecule has 0 spiro atoms. The molecule has 0 unspecified atom stereocenters. The molecule has 202 valence electrons. The first kappa shape index (κ1) is 42.0. The van der Waals surface area contributed by atoms with Gasteiger partial charge in [0.2, 0.25) is 0 Å². The SMILES string of the molecule is C.C.CC(C)(C)CCO.CCCOCCC(C)(C)C.CCCOCCOCCC(C)(C)C. The number of aliphatic hydroxyl groups excluding tert-OH is 1. The quantitative estimate of drug-likeness (QED) is 0.293. The zero-order valence-electron chi connectivity index (χ0n) is 22.7. The Labute approximate surface area is 205 Å². The third-order valence-corrected chi connectivity index (χ3v) is 3.92. The molecule has 0 amide bonds. The summed E-state index contributed by atoms with van der Waals surface area (Å²) in [7, 11) is 0. The van der Waals surface area contributed by atoms with Crippen LogP contribution in [-0.2, 0) is 14.2 Å². The maximum absolute atomic E-state index is 8.40. The third-order valence-electron chi connectivity index (χ3n) is 3.92. The summed E-state index contributed by atoms with van der Waals surface area (Å²) < 4.78 is 16.1. The average molecular weight is 467 g/mol. The maximum atomic E-state index is 8.40. The van der Waals surface area contributed by atoms with Crippen LogP contribution in [0.2, 0.25) is 0 Å². The number of ether oxygens (including phenoxy) is 3. The minimum absolute atomic E-state index is 0. The van der Waals surface area contributed by atoms with Gasteiger partial charge in [0.25, 0.3) is 0 Å². The van der Waals surface area contributed by atoms with Gasteiger partial charge in [0.15, 0.2) is 0 Å². The van der Waals surface area contributed by atoms with Gasteiger partial charge in [-0.2, -0.15) is 0 Å². The molecule has 0 rings (SSSR count). The highest BCUT2D eigenvalue weighted by atomic mass is 16.5. The standard InChI is InChI=1S/C11H24O2.C9H20O.C6H14O.2CH4/c1-5-7-12-9-10-13-8-6-11(2,3)4;1-5-7-10-8-6-9(2,3)4;1-6(2,3)4-5-7;;/h5-10H2,1-4H3;5-8H2,1-4H3;7H,4-5H2,1-3H3;2*1H4. The lowest BCUT2D eigenvalue weighted by Crippen LogP contribution is -2.12. The van der Waals surface area contributed by atoms with Gasteiger partial charge >= 0.3 is 0 Å². The molecule has 0 atom stereocenters. The molecule has 4 nitrogen and oxygen atoms in total. The zero-order valence-corrected chi connectivity index (χ0v) is 22.7. The van der Waals surface area contributed by atoms with E-state index in [4.69, 9.17) is 19.3 Å². The van der Waals surface area contributed by atoms with E-state index in [9.17, 15) is 0 Å². The van der Waals surface area contributed by atoms with E-state index < -0.39 is 0 Å². The second-order valence-electron chi connectivity index (χ2n) is 11.5. The van der Waals surface area contributed by atoms with E-state index in [2.05, 4.69) is 76.2 Å². The first-order chi connectivity index (χ1) is 13.7. The highest BCUT2D eigenvalue weighted by Gasteiger charge is 2.09. The molecular weight excluding hydrogens is 400 g/mol.